The van der Waals surface area contributed by atoms with Crippen molar-refractivity contribution in [1.29, 1.82) is 0 Å². The molecule has 4 N–H and O–H groups in total. The number of aromatic amines is 1. The Kier molecular flexibility index (Phi) is 7.31. The van der Waals surface area contributed by atoms with Crippen molar-refractivity contribution in [3.63, 3.8) is 0 Å². The molecule has 0 unspecified atom stereocenters. The molecule has 1 aliphatic rings. The number of aliphatic carboxylic acids is 1. The summed E-state index contributed by atoms with van der Waals surface area (Å²) in [5, 5.41) is 13.0. The van der Waals surface area contributed by atoms with Crippen LogP contribution in [0.15, 0.2) is 47.8 Å². The zero-order valence-corrected chi connectivity index (χ0v) is 20.1. The molecule has 1 saturated carbocycles. The number of hydrogen-bond donors (Lipinski definition) is 4. The van der Waals surface area contributed by atoms with Crippen LogP contribution in [0.1, 0.15) is 31.2 Å². The van der Waals surface area contributed by atoms with Gasteiger partial charge in [0.1, 0.15) is 17.5 Å². The second-order valence-corrected chi connectivity index (χ2v) is 10.3. The van der Waals surface area contributed by atoms with Crippen molar-refractivity contribution in [2.45, 2.75) is 49.6 Å². The Hall–Kier alpha value is -3.51. The van der Waals surface area contributed by atoms with E-state index in [4.69, 9.17) is 0 Å². The summed E-state index contributed by atoms with van der Waals surface area (Å²) in [6.07, 6.45) is 6.87. The Morgan fingerprint density at radius 3 is 2.77 bits per heavy atom. The molecular weight excluding hydrogens is 472 g/mol. The van der Waals surface area contributed by atoms with Crippen LogP contribution in [0.5, 0.6) is 0 Å². The third kappa shape index (κ3) is 6.14. The van der Waals surface area contributed by atoms with Crippen LogP contribution in [0.25, 0.3) is 10.9 Å². The number of nitrogens with zero attached hydrogens (tertiary/aromatic N) is 3. The van der Waals surface area contributed by atoms with E-state index in [9.17, 15) is 23.1 Å². The zero-order chi connectivity index (χ0) is 25.0. The van der Waals surface area contributed by atoms with Crippen molar-refractivity contribution in [3.05, 3.63) is 48.4 Å². The summed E-state index contributed by atoms with van der Waals surface area (Å²) in [7, 11) is -4.14. The lowest BCUT2D eigenvalue weighted by molar-refractivity contribution is -0.145. The van der Waals surface area contributed by atoms with E-state index in [2.05, 4.69) is 25.0 Å². The second-order valence-electron chi connectivity index (χ2n) is 8.61. The number of carboxylic acids is 1. The molecule has 0 saturated heterocycles. The van der Waals surface area contributed by atoms with Crippen LogP contribution in [0, 0.1) is 6.92 Å². The number of para-hydroxylation sites is 1. The highest BCUT2D eigenvalue weighted by Gasteiger charge is 2.38. The van der Waals surface area contributed by atoms with Gasteiger partial charge >= 0.3 is 5.97 Å². The summed E-state index contributed by atoms with van der Waals surface area (Å²) in [5.74, 6) is -1.11. The fourth-order valence-electron chi connectivity index (χ4n) is 3.94. The average Bonchev–Trinajstić information content (AvgIpc) is 3.53. The molecule has 1 aliphatic carbocycles. The lowest BCUT2D eigenvalue weighted by Gasteiger charge is -2.27. The first-order chi connectivity index (χ1) is 16.7. The summed E-state index contributed by atoms with van der Waals surface area (Å²) in [6.45, 7) is 1.84. The summed E-state index contributed by atoms with van der Waals surface area (Å²) in [4.78, 5) is 37.3. The van der Waals surface area contributed by atoms with Gasteiger partial charge in [-0.1, -0.05) is 12.1 Å². The number of aromatic nitrogens is 3. The minimum atomic E-state index is -4.14. The van der Waals surface area contributed by atoms with Crippen molar-refractivity contribution >= 4 is 38.8 Å². The van der Waals surface area contributed by atoms with E-state index < -0.39 is 34.5 Å². The highest BCUT2D eigenvalue weighted by molar-refractivity contribution is 7.89. The number of imidazole rings is 1. The van der Waals surface area contributed by atoms with E-state index in [1.165, 1.54) is 11.0 Å². The molecule has 1 aromatic carbocycles. The topological polar surface area (TPSA) is 157 Å². The van der Waals surface area contributed by atoms with E-state index in [1.807, 2.05) is 13.0 Å². The third-order valence-electron chi connectivity index (χ3n) is 5.73. The maximum Gasteiger partial charge on any atom is 0.323 e. The minimum absolute atomic E-state index is 0.0299. The smallest absolute Gasteiger partial charge is 0.323 e. The van der Waals surface area contributed by atoms with Crippen LogP contribution >= 0.6 is 0 Å². The summed E-state index contributed by atoms with van der Waals surface area (Å²) in [5.41, 5.74) is 1.20. The first-order valence-corrected chi connectivity index (χ1v) is 12.9. The van der Waals surface area contributed by atoms with Gasteiger partial charge in [0.15, 0.2) is 5.95 Å². The number of carboxylic acid groups (broad SMARTS) is 1. The number of carbonyl (C=O) groups is 2. The van der Waals surface area contributed by atoms with Gasteiger partial charge in [0.2, 0.25) is 15.9 Å². The Morgan fingerprint density at radius 1 is 1.29 bits per heavy atom. The van der Waals surface area contributed by atoms with Gasteiger partial charge in [-0.15, -0.1) is 0 Å². The Balaban J connectivity index is 1.57. The van der Waals surface area contributed by atoms with E-state index in [1.54, 1.807) is 30.7 Å². The summed E-state index contributed by atoms with van der Waals surface area (Å²) in [6, 6.07) is 5.38. The highest BCUT2D eigenvalue weighted by Crippen LogP contribution is 2.28. The first kappa shape index (κ1) is 24.6. The molecule has 0 aliphatic heterocycles. The highest BCUT2D eigenvalue weighted by atomic mass is 32.2. The molecule has 3 aromatic rings. The number of benzene rings is 1. The predicted molar refractivity (Wildman–Crippen MR) is 129 cm³/mol. The Bertz CT molecular complexity index is 1310. The largest absolute Gasteiger partial charge is 0.480 e. The lowest BCUT2D eigenvalue weighted by atomic mass is 10.1. The van der Waals surface area contributed by atoms with Gasteiger partial charge in [-0.3, -0.25) is 14.6 Å². The quantitative estimate of drug-likeness (QED) is 0.275. The van der Waals surface area contributed by atoms with Gasteiger partial charge in [-0.05, 0) is 50.3 Å². The van der Waals surface area contributed by atoms with Crippen molar-refractivity contribution in [3.8, 4) is 0 Å². The number of aryl methyl sites for hydroxylation is 1. The van der Waals surface area contributed by atoms with Crippen molar-refractivity contribution in [2.75, 3.05) is 18.4 Å². The number of nitrogens with one attached hydrogen (secondary N) is 3. The molecule has 35 heavy (non-hydrogen) atoms. The molecule has 12 heteroatoms. The molecule has 1 atom stereocenters. The molecule has 1 fully saturated rings. The number of rotatable bonds is 12. The maximum atomic E-state index is 13.4. The number of fused-ring (bicyclic) bond motifs is 1. The summed E-state index contributed by atoms with van der Waals surface area (Å²) >= 11 is 0. The number of H-pyrrole nitrogens is 1. The van der Waals surface area contributed by atoms with Crippen molar-refractivity contribution in [1.82, 2.24) is 24.6 Å². The third-order valence-corrected chi connectivity index (χ3v) is 7.24. The van der Waals surface area contributed by atoms with Crippen LogP contribution < -0.4 is 10.0 Å². The van der Waals surface area contributed by atoms with Crippen molar-refractivity contribution in [2.24, 2.45) is 0 Å². The van der Waals surface area contributed by atoms with E-state index >= 15 is 0 Å². The van der Waals surface area contributed by atoms with E-state index in [-0.39, 0.29) is 17.4 Å². The molecule has 186 valence electrons. The predicted octanol–water partition coefficient (Wildman–Crippen LogP) is 1.88. The molecule has 11 nitrogen and oxygen atoms in total. The molecule has 0 bridgehead atoms. The fraction of sp³-hybridized carbons (Fsp3) is 0.391. The van der Waals surface area contributed by atoms with Gasteiger partial charge in [-0.2, -0.15) is 4.72 Å². The zero-order valence-electron chi connectivity index (χ0n) is 19.3. The van der Waals surface area contributed by atoms with Gasteiger partial charge in [-0.25, -0.2) is 13.4 Å². The molecule has 0 spiro atoms. The van der Waals surface area contributed by atoms with Crippen LogP contribution in [0.2, 0.25) is 0 Å². The fourth-order valence-corrected chi connectivity index (χ4v) is 5.34. The number of pyridine rings is 1. The van der Waals surface area contributed by atoms with Crippen LogP contribution in [-0.2, 0) is 19.6 Å². The normalized spacial score (nSPS) is 14.5. The van der Waals surface area contributed by atoms with Gasteiger partial charge in [0.05, 0.1) is 5.52 Å². The minimum Gasteiger partial charge on any atom is -0.480 e. The monoisotopic (exact) mass is 500 g/mol. The van der Waals surface area contributed by atoms with Crippen LogP contribution in [0.3, 0.4) is 0 Å². The molecule has 1 amide bonds. The molecule has 0 radical (unpaired) electrons. The van der Waals surface area contributed by atoms with E-state index in [0.717, 1.165) is 5.56 Å². The van der Waals surface area contributed by atoms with Gasteiger partial charge in [0, 0.05) is 36.6 Å². The van der Waals surface area contributed by atoms with Crippen molar-refractivity contribution < 1.29 is 23.1 Å². The molecular formula is C23H28N6O5S. The number of carbonyl (C=O) groups excluding carboxylic acids is 1. The molecule has 2 heterocycles. The Morgan fingerprint density at radius 2 is 2.09 bits per heavy atom. The lowest BCUT2D eigenvalue weighted by Crippen LogP contribution is -2.50. The summed E-state index contributed by atoms with van der Waals surface area (Å²) < 4.78 is 29.4. The average molecular weight is 501 g/mol. The maximum absolute atomic E-state index is 13.4. The number of hydrogen-bond acceptors (Lipinski definition) is 7. The first-order valence-electron chi connectivity index (χ1n) is 11.4. The number of anilines is 1. The number of sulfonamides is 1. The van der Waals surface area contributed by atoms with E-state index in [0.29, 0.717) is 42.7 Å². The van der Waals surface area contributed by atoms with Crippen LogP contribution in [-0.4, -0.2) is 70.4 Å². The van der Waals surface area contributed by atoms with Gasteiger partial charge < -0.3 is 20.3 Å². The second kappa shape index (κ2) is 10.4. The Labute approximate surface area is 203 Å². The molecule has 4 rings (SSSR count). The van der Waals surface area contributed by atoms with Gasteiger partial charge in [0.25, 0.3) is 0 Å². The van der Waals surface area contributed by atoms with Crippen LogP contribution in [0.4, 0.5) is 5.95 Å². The SMILES string of the molecule is Cc1cnc2c(S(=O)(=O)N[C@@H](CCCNc3ncc[nH]3)C(=O)N(CC(=O)O)C3CC3)cccc2c1. The molecule has 2 aromatic heterocycles. The standard InChI is InChI=1S/C23H28N6O5S/c1-15-12-16-4-2-6-19(21(16)27-13-15)35(33,34)28-18(5-3-9-24-23-25-10-11-26-23)22(32)29(14-20(30)31)17-7-8-17/h2,4,6,10-13,17-18,28H,3,5,7-9,14H2,1H3,(H,30,31)(H2,24,25,26)/t18-/m0/s1. The number of amides is 1.